The van der Waals surface area contributed by atoms with Crippen LogP contribution in [0.25, 0.3) is 0 Å². The molecule has 0 fully saturated rings. The number of benzene rings is 1. The average molecular weight is 219 g/mol. The molecular formula is C14H21NO. The van der Waals surface area contributed by atoms with E-state index in [4.69, 9.17) is 5.73 Å². The van der Waals surface area contributed by atoms with Crippen LogP contribution in [0.1, 0.15) is 37.3 Å². The molecule has 0 radical (unpaired) electrons. The first-order chi connectivity index (χ1) is 7.76. The molecule has 0 aliphatic rings. The number of nitrogens with two attached hydrogens (primary N) is 1. The van der Waals surface area contributed by atoms with E-state index in [0.717, 1.165) is 24.8 Å². The van der Waals surface area contributed by atoms with Gasteiger partial charge in [-0.1, -0.05) is 31.2 Å². The van der Waals surface area contributed by atoms with Gasteiger partial charge in [0.2, 0.25) is 0 Å². The number of hydrogen-bond donors (Lipinski definition) is 1. The maximum absolute atomic E-state index is 11.6. The highest BCUT2D eigenvalue weighted by atomic mass is 16.1. The molecule has 2 heteroatoms. The van der Waals surface area contributed by atoms with Crippen LogP contribution in [-0.4, -0.2) is 12.3 Å². The van der Waals surface area contributed by atoms with Crippen molar-refractivity contribution in [1.29, 1.82) is 0 Å². The van der Waals surface area contributed by atoms with Crippen molar-refractivity contribution in [2.75, 3.05) is 6.54 Å². The summed E-state index contributed by atoms with van der Waals surface area (Å²) in [6, 6.07) is 8.31. The number of aryl methyl sites for hydroxylation is 1. The SMILES string of the molecule is CCc1ccc(CC(=O)CCCCN)cc1. The summed E-state index contributed by atoms with van der Waals surface area (Å²) >= 11 is 0. The van der Waals surface area contributed by atoms with Crippen molar-refractivity contribution in [3.8, 4) is 0 Å². The largest absolute Gasteiger partial charge is 0.330 e. The molecule has 0 heterocycles. The molecule has 0 saturated carbocycles. The summed E-state index contributed by atoms with van der Waals surface area (Å²) in [4.78, 5) is 11.6. The van der Waals surface area contributed by atoms with E-state index in [9.17, 15) is 4.79 Å². The Morgan fingerprint density at radius 1 is 1.12 bits per heavy atom. The zero-order valence-corrected chi connectivity index (χ0v) is 10.0. The highest BCUT2D eigenvalue weighted by molar-refractivity contribution is 5.80. The Morgan fingerprint density at radius 2 is 1.75 bits per heavy atom. The minimum absolute atomic E-state index is 0.317. The van der Waals surface area contributed by atoms with Crippen molar-refractivity contribution in [3.63, 3.8) is 0 Å². The van der Waals surface area contributed by atoms with Gasteiger partial charge in [0.1, 0.15) is 5.78 Å². The summed E-state index contributed by atoms with van der Waals surface area (Å²) < 4.78 is 0. The molecule has 0 spiro atoms. The van der Waals surface area contributed by atoms with Crippen molar-refractivity contribution in [1.82, 2.24) is 0 Å². The quantitative estimate of drug-likeness (QED) is 0.716. The third-order valence-electron chi connectivity index (χ3n) is 2.74. The van der Waals surface area contributed by atoms with Gasteiger partial charge in [-0.2, -0.15) is 0 Å². The molecule has 0 saturated heterocycles. The van der Waals surface area contributed by atoms with Crippen LogP contribution in [-0.2, 0) is 17.6 Å². The van der Waals surface area contributed by atoms with Gasteiger partial charge in [-0.25, -0.2) is 0 Å². The molecule has 16 heavy (non-hydrogen) atoms. The van der Waals surface area contributed by atoms with Crippen molar-refractivity contribution >= 4 is 5.78 Å². The van der Waals surface area contributed by atoms with Crippen LogP contribution < -0.4 is 5.73 Å². The number of carbonyl (C=O) groups excluding carboxylic acids is 1. The molecular weight excluding hydrogens is 198 g/mol. The van der Waals surface area contributed by atoms with Crippen LogP contribution in [0.4, 0.5) is 0 Å². The van der Waals surface area contributed by atoms with Crippen molar-refractivity contribution in [2.24, 2.45) is 5.73 Å². The summed E-state index contributed by atoms with van der Waals surface area (Å²) in [5.74, 6) is 0.317. The lowest BCUT2D eigenvalue weighted by molar-refractivity contribution is -0.118. The van der Waals surface area contributed by atoms with E-state index in [-0.39, 0.29) is 0 Å². The summed E-state index contributed by atoms with van der Waals surface area (Å²) in [5, 5.41) is 0. The van der Waals surface area contributed by atoms with Gasteiger partial charge in [-0.3, -0.25) is 4.79 Å². The Labute approximate surface area is 97.9 Å². The Kier molecular flexibility index (Phi) is 5.79. The van der Waals surface area contributed by atoms with Gasteiger partial charge in [0.05, 0.1) is 0 Å². The van der Waals surface area contributed by atoms with Gasteiger partial charge in [0.25, 0.3) is 0 Å². The van der Waals surface area contributed by atoms with Gasteiger partial charge in [-0.05, 0) is 36.9 Å². The number of carbonyl (C=O) groups is 1. The maximum atomic E-state index is 11.6. The molecule has 0 amide bonds. The molecule has 1 rings (SSSR count). The zero-order valence-electron chi connectivity index (χ0n) is 10.0. The lowest BCUT2D eigenvalue weighted by atomic mass is 10.0. The Hall–Kier alpha value is -1.15. The lowest BCUT2D eigenvalue weighted by Gasteiger charge is -2.02. The third-order valence-corrected chi connectivity index (χ3v) is 2.74. The molecule has 0 aliphatic carbocycles. The molecule has 1 aromatic carbocycles. The normalized spacial score (nSPS) is 10.4. The highest BCUT2D eigenvalue weighted by Gasteiger charge is 2.03. The number of Topliss-reactive ketones (excluding diaryl/α,β-unsaturated/α-hetero) is 1. The van der Waals surface area contributed by atoms with E-state index in [1.165, 1.54) is 5.56 Å². The van der Waals surface area contributed by atoms with E-state index in [1.54, 1.807) is 0 Å². The fourth-order valence-corrected chi connectivity index (χ4v) is 1.68. The van der Waals surface area contributed by atoms with Crippen LogP contribution in [0.15, 0.2) is 24.3 Å². The van der Waals surface area contributed by atoms with Gasteiger partial charge in [0.15, 0.2) is 0 Å². The minimum Gasteiger partial charge on any atom is -0.330 e. The topological polar surface area (TPSA) is 43.1 Å². The first-order valence-electron chi connectivity index (χ1n) is 6.06. The van der Waals surface area contributed by atoms with Crippen molar-refractivity contribution in [2.45, 2.75) is 39.0 Å². The minimum atomic E-state index is 0.317. The number of unbranched alkanes of at least 4 members (excludes halogenated alkanes) is 1. The van der Waals surface area contributed by atoms with Crippen molar-refractivity contribution < 1.29 is 4.79 Å². The Bertz CT molecular complexity index is 316. The number of ketones is 1. The summed E-state index contributed by atoms with van der Waals surface area (Å²) in [7, 11) is 0. The van der Waals surface area contributed by atoms with Crippen LogP contribution in [0, 0.1) is 0 Å². The summed E-state index contributed by atoms with van der Waals surface area (Å²) in [5.41, 5.74) is 7.83. The Morgan fingerprint density at radius 3 is 2.31 bits per heavy atom. The van der Waals surface area contributed by atoms with Gasteiger partial charge in [-0.15, -0.1) is 0 Å². The van der Waals surface area contributed by atoms with Crippen LogP contribution >= 0.6 is 0 Å². The van der Waals surface area contributed by atoms with Gasteiger partial charge < -0.3 is 5.73 Å². The zero-order chi connectivity index (χ0) is 11.8. The second-order valence-corrected chi connectivity index (χ2v) is 4.13. The predicted molar refractivity (Wildman–Crippen MR) is 67.4 cm³/mol. The smallest absolute Gasteiger partial charge is 0.137 e. The fraction of sp³-hybridized carbons (Fsp3) is 0.500. The fourth-order valence-electron chi connectivity index (χ4n) is 1.68. The second kappa shape index (κ2) is 7.18. The van der Waals surface area contributed by atoms with E-state index in [0.29, 0.717) is 25.2 Å². The van der Waals surface area contributed by atoms with Crippen LogP contribution in [0.3, 0.4) is 0 Å². The van der Waals surface area contributed by atoms with E-state index < -0.39 is 0 Å². The van der Waals surface area contributed by atoms with Crippen LogP contribution in [0.5, 0.6) is 0 Å². The van der Waals surface area contributed by atoms with Gasteiger partial charge in [0, 0.05) is 12.8 Å². The average Bonchev–Trinajstić information content (AvgIpc) is 2.30. The van der Waals surface area contributed by atoms with Crippen LogP contribution in [0.2, 0.25) is 0 Å². The number of rotatable bonds is 7. The molecule has 2 nitrogen and oxygen atoms in total. The standard InChI is InChI=1S/C14H21NO/c1-2-12-6-8-13(9-7-12)11-14(16)5-3-4-10-15/h6-9H,2-5,10-11,15H2,1H3. The maximum Gasteiger partial charge on any atom is 0.137 e. The molecule has 1 aromatic rings. The Balaban J connectivity index is 2.37. The monoisotopic (exact) mass is 219 g/mol. The van der Waals surface area contributed by atoms with Crippen molar-refractivity contribution in [3.05, 3.63) is 35.4 Å². The first kappa shape index (κ1) is 12.9. The number of hydrogen-bond acceptors (Lipinski definition) is 2. The third kappa shape index (κ3) is 4.58. The lowest BCUT2D eigenvalue weighted by Crippen LogP contribution is -2.05. The van der Waals surface area contributed by atoms with E-state index in [2.05, 4.69) is 31.2 Å². The first-order valence-corrected chi connectivity index (χ1v) is 6.06. The predicted octanol–water partition coefficient (Wildman–Crippen LogP) is 2.49. The van der Waals surface area contributed by atoms with E-state index >= 15 is 0 Å². The molecule has 2 N–H and O–H groups in total. The summed E-state index contributed by atoms with van der Waals surface area (Å²) in [6.07, 6.45) is 4.13. The summed E-state index contributed by atoms with van der Waals surface area (Å²) in [6.45, 7) is 2.81. The second-order valence-electron chi connectivity index (χ2n) is 4.13. The molecule has 0 unspecified atom stereocenters. The highest BCUT2D eigenvalue weighted by Crippen LogP contribution is 2.08. The molecule has 88 valence electrons. The molecule has 0 bridgehead atoms. The van der Waals surface area contributed by atoms with Gasteiger partial charge >= 0.3 is 0 Å². The molecule has 0 atom stereocenters. The van der Waals surface area contributed by atoms with E-state index in [1.807, 2.05) is 0 Å². The molecule has 0 aliphatic heterocycles. The molecule has 0 aromatic heterocycles.